The molecule has 0 spiro atoms. The molecule has 0 fully saturated rings. The number of hydrogen-bond acceptors (Lipinski definition) is 3. The van der Waals surface area contributed by atoms with E-state index >= 15 is 0 Å². The molecule has 0 saturated heterocycles. The summed E-state index contributed by atoms with van der Waals surface area (Å²) in [7, 11) is 0. The second kappa shape index (κ2) is 7.79. The number of hydrogen-bond donors (Lipinski definition) is 2. The highest BCUT2D eigenvalue weighted by Gasteiger charge is 2.11. The van der Waals surface area contributed by atoms with Gasteiger partial charge >= 0.3 is 12.0 Å². The van der Waals surface area contributed by atoms with Crippen LogP contribution in [0.4, 0.5) is 4.79 Å². The number of carbonyl (C=O) groups excluding carboxylic acids is 1. The Morgan fingerprint density at radius 1 is 1.55 bits per heavy atom. The maximum atomic E-state index is 11.9. The van der Waals surface area contributed by atoms with E-state index in [0.29, 0.717) is 12.2 Å². The Labute approximate surface area is 117 Å². The van der Waals surface area contributed by atoms with Crippen molar-refractivity contribution in [2.45, 2.75) is 19.9 Å². The zero-order valence-electron chi connectivity index (χ0n) is 11.3. The molecule has 6 heteroatoms. The van der Waals surface area contributed by atoms with Crippen molar-refractivity contribution in [3.63, 3.8) is 0 Å². The maximum absolute atomic E-state index is 11.9. The molecule has 20 heavy (non-hydrogen) atoms. The molecule has 2 N–H and O–H groups in total. The second-order valence-corrected chi connectivity index (χ2v) is 4.13. The summed E-state index contributed by atoms with van der Waals surface area (Å²) in [6.07, 6.45) is 7.42. The van der Waals surface area contributed by atoms with Gasteiger partial charge in [0, 0.05) is 12.7 Å². The number of nitrogens with one attached hydrogen (secondary N) is 1. The van der Waals surface area contributed by atoms with Gasteiger partial charge in [0.1, 0.15) is 0 Å². The Balaban J connectivity index is 2.62. The summed E-state index contributed by atoms with van der Waals surface area (Å²) in [5, 5.41) is 11.5. The molecule has 0 radical (unpaired) electrons. The summed E-state index contributed by atoms with van der Waals surface area (Å²) in [5.41, 5.74) is 0.619. The van der Waals surface area contributed by atoms with Crippen molar-refractivity contribution in [1.82, 2.24) is 15.2 Å². The van der Waals surface area contributed by atoms with Gasteiger partial charge in [-0.1, -0.05) is 12.8 Å². The van der Waals surface area contributed by atoms with Gasteiger partial charge in [-0.05, 0) is 18.6 Å². The molecule has 2 amide bonds. The number of rotatable bonds is 6. The first-order valence-electron chi connectivity index (χ1n) is 6.23. The zero-order valence-corrected chi connectivity index (χ0v) is 11.3. The van der Waals surface area contributed by atoms with E-state index in [1.165, 1.54) is 23.2 Å². The van der Waals surface area contributed by atoms with Crippen molar-refractivity contribution in [3.8, 4) is 12.3 Å². The molecule has 1 aromatic heterocycles. The van der Waals surface area contributed by atoms with Gasteiger partial charge in [0.05, 0.1) is 24.3 Å². The SMILES string of the molecule is C#CCN(CCC)C(=O)NCc1cc(C(=O)O)ccn1. The first kappa shape index (κ1) is 15.5. The van der Waals surface area contributed by atoms with E-state index in [1.807, 2.05) is 6.92 Å². The summed E-state index contributed by atoms with van der Waals surface area (Å²) in [4.78, 5) is 28.2. The lowest BCUT2D eigenvalue weighted by atomic mass is 10.2. The third kappa shape index (κ3) is 4.61. The topological polar surface area (TPSA) is 82.5 Å². The second-order valence-electron chi connectivity index (χ2n) is 4.13. The number of aromatic carboxylic acids is 1. The number of aromatic nitrogens is 1. The Hall–Kier alpha value is -2.55. The molecule has 1 heterocycles. The summed E-state index contributed by atoms with van der Waals surface area (Å²) in [5.74, 6) is 1.40. The number of terminal acetylenes is 1. The Bertz CT molecular complexity index is 523. The smallest absolute Gasteiger partial charge is 0.335 e. The molecule has 0 atom stereocenters. The summed E-state index contributed by atoms with van der Waals surface area (Å²) < 4.78 is 0. The minimum Gasteiger partial charge on any atom is -0.478 e. The van der Waals surface area contributed by atoms with Crippen molar-refractivity contribution < 1.29 is 14.7 Å². The number of carboxylic acid groups (broad SMARTS) is 1. The highest BCUT2D eigenvalue weighted by Crippen LogP contribution is 2.02. The highest BCUT2D eigenvalue weighted by molar-refractivity contribution is 5.87. The molecule has 0 aliphatic heterocycles. The van der Waals surface area contributed by atoms with Crippen LogP contribution in [0.25, 0.3) is 0 Å². The number of carbonyl (C=O) groups is 2. The Morgan fingerprint density at radius 3 is 2.90 bits per heavy atom. The predicted molar refractivity (Wildman–Crippen MR) is 74.1 cm³/mol. The standard InChI is InChI=1S/C14H17N3O3/c1-3-7-17(8-4-2)14(20)16-10-12-9-11(13(18)19)5-6-15-12/h1,5-6,9H,4,7-8,10H2,2H3,(H,16,20)(H,18,19). The fourth-order valence-corrected chi connectivity index (χ4v) is 1.62. The van der Waals surface area contributed by atoms with E-state index in [1.54, 1.807) is 0 Å². The van der Waals surface area contributed by atoms with Gasteiger partial charge in [0.25, 0.3) is 0 Å². The molecule has 1 aromatic rings. The van der Waals surface area contributed by atoms with E-state index in [0.717, 1.165) is 6.42 Å². The van der Waals surface area contributed by atoms with Crippen molar-refractivity contribution in [1.29, 1.82) is 0 Å². The van der Waals surface area contributed by atoms with E-state index in [4.69, 9.17) is 11.5 Å². The lowest BCUT2D eigenvalue weighted by Crippen LogP contribution is -2.40. The molecule has 0 aromatic carbocycles. The van der Waals surface area contributed by atoms with Crippen LogP contribution in [0.5, 0.6) is 0 Å². The van der Waals surface area contributed by atoms with Crippen LogP contribution < -0.4 is 5.32 Å². The number of carboxylic acids is 1. The van der Waals surface area contributed by atoms with Crippen molar-refractivity contribution in [3.05, 3.63) is 29.6 Å². The number of urea groups is 1. The molecule has 0 bridgehead atoms. The van der Waals surface area contributed by atoms with Gasteiger partial charge in [-0.3, -0.25) is 4.98 Å². The fraction of sp³-hybridized carbons (Fsp3) is 0.357. The van der Waals surface area contributed by atoms with Gasteiger partial charge in [-0.2, -0.15) is 0 Å². The van der Waals surface area contributed by atoms with Crippen molar-refractivity contribution in [2.24, 2.45) is 0 Å². The van der Waals surface area contributed by atoms with Crippen LogP contribution >= 0.6 is 0 Å². The number of amides is 2. The molecule has 0 unspecified atom stereocenters. The minimum atomic E-state index is -1.03. The van der Waals surface area contributed by atoms with Crippen LogP contribution in [0.2, 0.25) is 0 Å². The molecule has 106 valence electrons. The predicted octanol–water partition coefficient (Wildman–Crippen LogP) is 1.33. The maximum Gasteiger partial charge on any atom is 0.335 e. The van der Waals surface area contributed by atoms with Crippen LogP contribution in [0.3, 0.4) is 0 Å². The summed E-state index contributed by atoms with van der Waals surface area (Å²) >= 11 is 0. The van der Waals surface area contributed by atoms with E-state index in [9.17, 15) is 9.59 Å². The quantitative estimate of drug-likeness (QED) is 0.767. The monoisotopic (exact) mass is 275 g/mol. The average molecular weight is 275 g/mol. The Kier molecular flexibility index (Phi) is 6.04. The fourth-order valence-electron chi connectivity index (χ4n) is 1.62. The van der Waals surface area contributed by atoms with E-state index in [-0.39, 0.29) is 24.7 Å². The van der Waals surface area contributed by atoms with Crippen LogP contribution in [0.1, 0.15) is 29.4 Å². The van der Waals surface area contributed by atoms with E-state index in [2.05, 4.69) is 16.2 Å². The first-order valence-corrected chi connectivity index (χ1v) is 6.23. The van der Waals surface area contributed by atoms with Gasteiger partial charge in [0.2, 0.25) is 0 Å². The lowest BCUT2D eigenvalue weighted by Gasteiger charge is -2.19. The normalized spacial score (nSPS) is 9.60. The Morgan fingerprint density at radius 2 is 2.30 bits per heavy atom. The van der Waals surface area contributed by atoms with Crippen LogP contribution in [-0.4, -0.2) is 40.1 Å². The molecule has 6 nitrogen and oxygen atoms in total. The summed E-state index contributed by atoms with van der Waals surface area (Å²) in [6.45, 7) is 2.92. The zero-order chi connectivity index (χ0) is 15.0. The lowest BCUT2D eigenvalue weighted by molar-refractivity contribution is 0.0696. The average Bonchev–Trinajstić information content (AvgIpc) is 2.45. The molecule has 0 aliphatic carbocycles. The van der Waals surface area contributed by atoms with Crippen molar-refractivity contribution >= 4 is 12.0 Å². The molecular formula is C14H17N3O3. The number of pyridine rings is 1. The number of nitrogens with zero attached hydrogens (tertiary/aromatic N) is 2. The van der Waals surface area contributed by atoms with Crippen LogP contribution in [0, 0.1) is 12.3 Å². The van der Waals surface area contributed by atoms with Gasteiger partial charge < -0.3 is 15.3 Å². The third-order valence-corrected chi connectivity index (χ3v) is 2.55. The largest absolute Gasteiger partial charge is 0.478 e. The van der Waals surface area contributed by atoms with Crippen LogP contribution in [0.15, 0.2) is 18.3 Å². The van der Waals surface area contributed by atoms with Crippen LogP contribution in [-0.2, 0) is 6.54 Å². The van der Waals surface area contributed by atoms with Gasteiger partial charge in [-0.25, -0.2) is 9.59 Å². The molecule has 0 saturated carbocycles. The summed E-state index contributed by atoms with van der Waals surface area (Å²) in [6, 6.07) is 2.54. The van der Waals surface area contributed by atoms with Gasteiger partial charge in [0.15, 0.2) is 0 Å². The first-order chi connectivity index (χ1) is 9.58. The molecular weight excluding hydrogens is 258 g/mol. The minimum absolute atomic E-state index is 0.137. The van der Waals surface area contributed by atoms with Gasteiger partial charge in [-0.15, -0.1) is 6.42 Å². The van der Waals surface area contributed by atoms with Crippen molar-refractivity contribution in [2.75, 3.05) is 13.1 Å². The molecule has 0 aliphatic rings. The highest BCUT2D eigenvalue weighted by atomic mass is 16.4. The van der Waals surface area contributed by atoms with E-state index < -0.39 is 5.97 Å². The third-order valence-electron chi connectivity index (χ3n) is 2.55. The molecule has 1 rings (SSSR count).